The minimum Gasteiger partial charge on any atom is -0.459 e. The molecule has 1 aromatic heterocycles. The molecular formula is C15H16ClNO3. The second-order valence-electron chi connectivity index (χ2n) is 4.42. The Labute approximate surface area is 122 Å². The number of anilines is 1. The number of furan rings is 1. The van der Waals surface area contributed by atoms with Crippen LogP contribution in [0.2, 0.25) is 5.02 Å². The van der Waals surface area contributed by atoms with Crippen molar-refractivity contribution >= 4 is 23.2 Å². The van der Waals surface area contributed by atoms with E-state index >= 15 is 0 Å². The van der Waals surface area contributed by atoms with Crippen molar-refractivity contribution in [3.8, 4) is 11.3 Å². The molecule has 0 unspecified atom stereocenters. The lowest BCUT2D eigenvalue weighted by Gasteiger charge is -2.08. The predicted molar refractivity (Wildman–Crippen MR) is 78.6 cm³/mol. The van der Waals surface area contributed by atoms with Crippen LogP contribution in [0.4, 0.5) is 5.69 Å². The van der Waals surface area contributed by atoms with E-state index in [1.54, 1.807) is 30.3 Å². The van der Waals surface area contributed by atoms with Crippen LogP contribution in [0.25, 0.3) is 11.3 Å². The molecule has 20 heavy (non-hydrogen) atoms. The molecule has 0 saturated carbocycles. The lowest BCUT2D eigenvalue weighted by molar-refractivity contribution is -0.116. The van der Waals surface area contributed by atoms with Gasteiger partial charge in [-0.25, -0.2) is 0 Å². The van der Waals surface area contributed by atoms with Crippen LogP contribution < -0.4 is 5.32 Å². The molecule has 0 saturated heterocycles. The molecule has 0 spiro atoms. The van der Waals surface area contributed by atoms with Gasteiger partial charge in [0.1, 0.15) is 18.1 Å². The maximum atomic E-state index is 11.6. The average molecular weight is 294 g/mol. The van der Waals surface area contributed by atoms with Crippen LogP contribution in [0.15, 0.2) is 34.7 Å². The Hall–Kier alpha value is -1.78. The molecule has 2 aromatic rings. The third-order valence-electron chi connectivity index (χ3n) is 2.82. The second kappa shape index (κ2) is 6.59. The quantitative estimate of drug-likeness (QED) is 0.880. The van der Waals surface area contributed by atoms with Crippen molar-refractivity contribution in [3.05, 3.63) is 41.1 Å². The molecule has 106 valence electrons. The van der Waals surface area contributed by atoms with Crippen molar-refractivity contribution in [3.63, 3.8) is 0 Å². The summed E-state index contributed by atoms with van der Waals surface area (Å²) in [6, 6.07) is 8.75. The van der Waals surface area contributed by atoms with E-state index in [2.05, 4.69) is 5.32 Å². The molecule has 0 aliphatic carbocycles. The molecule has 2 rings (SSSR count). The zero-order valence-electron chi connectivity index (χ0n) is 11.1. The zero-order chi connectivity index (χ0) is 14.5. The van der Waals surface area contributed by atoms with E-state index in [9.17, 15) is 4.79 Å². The van der Waals surface area contributed by atoms with Crippen molar-refractivity contribution < 1.29 is 14.3 Å². The normalized spacial score (nSPS) is 10.6. The number of hydrogen-bond donors (Lipinski definition) is 2. The molecule has 0 fully saturated rings. The largest absolute Gasteiger partial charge is 0.459 e. The molecule has 0 aliphatic rings. The van der Waals surface area contributed by atoms with Gasteiger partial charge in [-0.15, -0.1) is 0 Å². The van der Waals surface area contributed by atoms with Gasteiger partial charge in [0.05, 0.1) is 10.7 Å². The molecule has 1 heterocycles. The Morgan fingerprint density at radius 1 is 1.35 bits per heavy atom. The van der Waals surface area contributed by atoms with Crippen LogP contribution in [-0.4, -0.2) is 11.0 Å². The maximum absolute atomic E-state index is 11.6. The van der Waals surface area contributed by atoms with Gasteiger partial charge in [-0.2, -0.15) is 0 Å². The minimum atomic E-state index is -0.145. The van der Waals surface area contributed by atoms with E-state index < -0.39 is 0 Å². The molecule has 0 aliphatic heterocycles. The standard InChI is InChI=1S/C15H16ClNO3/c1-2-3-15(19)17-13-8-10(4-6-12(13)16)14-7-5-11(9-18)20-14/h4-8,18H,2-3,9H2,1H3,(H,17,19). The fraction of sp³-hybridized carbons (Fsp3) is 0.267. The minimum absolute atomic E-state index is 0.0676. The number of amides is 1. The number of hydrogen-bond acceptors (Lipinski definition) is 3. The summed E-state index contributed by atoms with van der Waals surface area (Å²) < 4.78 is 5.46. The Bertz CT molecular complexity index is 607. The number of halogens is 1. The van der Waals surface area contributed by atoms with Gasteiger partial charge >= 0.3 is 0 Å². The van der Waals surface area contributed by atoms with Crippen molar-refractivity contribution in [2.24, 2.45) is 0 Å². The Balaban J connectivity index is 2.25. The third kappa shape index (κ3) is 3.40. The number of nitrogens with one attached hydrogen (secondary N) is 1. The number of aliphatic hydroxyl groups is 1. The van der Waals surface area contributed by atoms with E-state index in [1.807, 2.05) is 6.92 Å². The maximum Gasteiger partial charge on any atom is 0.224 e. The van der Waals surface area contributed by atoms with Crippen LogP contribution in [0.3, 0.4) is 0 Å². The fourth-order valence-corrected chi connectivity index (χ4v) is 2.00. The lowest BCUT2D eigenvalue weighted by atomic mass is 10.1. The van der Waals surface area contributed by atoms with Crippen LogP contribution in [0, 0.1) is 0 Å². The highest BCUT2D eigenvalue weighted by Crippen LogP contribution is 2.30. The van der Waals surface area contributed by atoms with Gasteiger partial charge in [0.25, 0.3) is 0 Å². The summed E-state index contributed by atoms with van der Waals surface area (Å²) in [6.45, 7) is 1.80. The van der Waals surface area contributed by atoms with E-state index in [4.69, 9.17) is 21.1 Å². The summed E-state index contributed by atoms with van der Waals surface area (Å²) >= 11 is 6.08. The highest BCUT2D eigenvalue weighted by molar-refractivity contribution is 6.33. The average Bonchev–Trinajstić information content (AvgIpc) is 2.90. The van der Waals surface area contributed by atoms with Gasteiger partial charge in [-0.05, 0) is 36.8 Å². The van der Waals surface area contributed by atoms with Crippen LogP contribution in [-0.2, 0) is 11.4 Å². The van der Waals surface area contributed by atoms with Gasteiger partial charge in [0.15, 0.2) is 0 Å². The summed E-state index contributed by atoms with van der Waals surface area (Å²) in [5, 5.41) is 12.3. The number of carbonyl (C=O) groups excluding carboxylic acids is 1. The van der Waals surface area contributed by atoms with Gasteiger partial charge in [-0.1, -0.05) is 18.5 Å². The molecule has 5 heteroatoms. The monoisotopic (exact) mass is 293 g/mol. The first kappa shape index (κ1) is 14.6. The first-order valence-electron chi connectivity index (χ1n) is 6.43. The van der Waals surface area contributed by atoms with Gasteiger partial charge < -0.3 is 14.8 Å². The van der Waals surface area contributed by atoms with Crippen molar-refractivity contribution in [2.45, 2.75) is 26.4 Å². The van der Waals surface area contributed by atoms with E-state index in [0.29, 0.717) is 28.7 Å². The SMILES string of the molecule is CCCC(=O)Nc1cc(-c2ccc(CO)o2)ccc1Cl. The molecule has 0 bridgehead atoms. The Kier molecular flexibility index (Phi) is 4.82. The van der Waals surface area contributed by atoms with E-state index in [-0.39, 0.29) is 12.5 Å². The Morgan fingerprint density at radius 3 is 2.80 bits per heavy atom. The first-order chi connectivity index (χ1) is 9.63. The summed E-state index contributed by atoms with van der Waals surface area (Å²) in [5.41, 5.74) is 1.35. The topological polar surface area (TPSA) is 62.5 Å². The van der Waals surface area contributed by atoms with Gasteiger partial charge in [0, 0.05) is 12.0 Å². The van der Waals surface area contributed by atoms with Crippen LogP contribution in [0.5, 0.6) is 0 Å². The number of carbonyl (C=O) groups is 1. The van der Waals surface area contributed by atoms with Crippen molar-refractivity contribution in [2.75, 3.05) is 5.32 Å². The molecule has 2 N–H and O–H groups in total. The molecule has 1 amide bonds. The molecule has 0 radical (unpaired) electrons. The van der Waals surface area contributed by atoms with E-state index in [1.165, 1.54) is 0 Å². The number of aliphatic hydroxyl groups excluding tert-OH is 1. The predicted octanol–water partition coefficient (Wildman–Crippen LogP) is 3.83. The molecular weight excluding hydrogens is 278 g/mol. The second-order valence-corrected chi connectivity index (χ2v) is 4.82. The molecule has 1 aromatic carbocycles. The highest BCUT2D eigenvalue weighted by Gasteiger charge is 2.09. The van der Waals surface area contributed by atoms with Gasteiger partial charge in [-0.3, -0.25) is 4.79 Å². The molecule has 0 atom stereocenters. The highest BCUT2D eigenvalue weighted by atomic mass is 35.5. The van der Waals surface area contributed by atoms with Gasteiger partial charge in [0.2, 0.25) is 5.91 Å². The third-order valence-corrected chi connectivity index (χ3v) is 3.15. The summed E-state index contributed by atoms with van der Waals surface area (Å²) in [5.74, 6) is 1.05. The number of rotatable bonds is 5. The fourth-order valence-electron chi connectivity index (χ4n) is 1.83. The summed E-state index contributed by atoms with van der Waals surface area (Å²) in [7, 11) is 0. The van der Waals surface area contributed by atoms with Crippen molar-refractivity contribution in [1.82, 2.24) is 0 Å². The summed E-state index contributed by atoms with van der Waals surface area (Å²) in [4.78, 5) is 11.6. The molecule has 4 nitrogen and oxygen atoms in total. The smallest absolute Gasteiger partial charge is 0.224 e. The van der Waals surface area contributed by atoms with Crippen LogP contribution in [0.1, 0.15) is 25.5 Å². The number of benzene rings is 1. The Morgan fingerprint density at radius 2 is 2.15 bits per heavy atom. The van der Waals surface area contributed by atoms with Crippen molar-refractivity contribution in [1.29, 1.82) is 0 Å². The zero-order valence-corrected chi connectivity index (χ0v) is 11.9. The van der Waals surface area contributed by atoms with E-state index in [0.717, 1.165) is 12.0 Å². The summed E-state index contributed by atoms with van der Waals surface area (Å²) in [6.07, 6.45) is 1.23. The lowest BCUT2D eigenvalue weighted by Crippen LogP contribution is -2.10. The van der Waals surface area contributed by atoms with Crippen LogP contribution >= 0.6 is 11.6 Å². The first-order valence-corrected chi connectivity index (χ1v) is 6.81.